The second-order valence-electron chi connectivity index (χ2n) is 7.44. The van der Waals surface area contributed by atoms with Crippen molar-refractivity contribution >= 4 is 11.3 Å². The number of nitrogens with zero attached hydrogens (tertiary/aromatic N) is 3. The van der Waals surface area contributed by atoms with E-state index >= 15 is 0 Å². The largest absolute Gasteiger partial charge is 0.487 e. The van der Waals surface area contributed by atoms with Crippen LogP contribution in [0.2, 0.25) is 0 Å². The van der Waals surface area contributed by atoms with Crippen LogP contribution < -0.4 is 10.3 Å². The summed E-state index contributed by atoms with van der Waals surface area (Å²) in [5, 5.41) is 11.8. The maximum atomic E-state index is 13.5. The first-order valence-corrected chi connectivity index (χ1v) is 11.1. The van der Waals surface area contributed by atoms with Crippen LogP contribution in [0.4, 0.5) is 0 Å². The fourth-order valence-corrected chi connectivity index (χ4v) is 4.73. The van der Waals surface area contributed by atoms with Crippen molar-refractivity contribution in [2.75, 3.05) is 0 Å². The lowest BCUT2D eigenvalue weighted by molar-refractivity contribution is 0.278. The summed E-state index contributed by atoms with van der Waals surface area (Å²) in [4.78, 5) is 22.2. The number of aliphatic hydroxyl groups excluding tert-OH is 1. The van der Waals surface area contributed by atoms with E-state index in [0.29, 0.717) is 35.2 Å². The summed E-state index contributed by atoms with van der Waals surface area (Å²) in [6, 6.07) is 13.8. The van der Waals surface area contributed by atoms with Crippen LogP contribution in [0.5, 0.6) is 5.75 Å². The van der Waals surface area contributed by atoms with E-state index in [4.69, 9.17) is 4.74 Å². The van der Waals surface area contributed by atoms with E-state index in [-0.39, 0.29) is 12.2 Å². The van der Waals surface area contributed by atoms with Gasteiger partial charge in [-0.1, -0.05) is 30.3 Å². The van der Waals surface area contributed by atoms with Crippen LogP contribution >= 0.6 is 11.3 Å². The van der Waals surface area contributed by atoms with E-state index in [1.54, 1.807) is 22.2 Å². The molecule has 0 saturated heterocycles. The van der Waals surface area contributed by atoms with Gasteiger partial charge < -0.3 is 14.4 Å². The van der Waals surface area contributed by atoms with Crippen molar-refractivity contribution in [1.29, 1.82) is 0 Å². The first-order chi connectivity index (χ1) is 15.2. The number of thiazole rings is 1. The third-order valence-electron chi connectivity index (χ3n) is 5.43. The SMILES string of the molecule is O=c1c(-c2nc(CO)cs2)cc(OCc2ccccc2)c2n1CCCc1ccncc1-2. The molecule has 4 aromatic rings. The Kier molecular flexibility index (Phi) is 5.36. The summed E-state index contributed by atoms with van der Waals surface area (Å²) >= 11 is 1.35. The lowest BCUT2D eigenvalue weighted by Crippen LogP contribution is -2.24. The number of benzene rings is 1. The Morgan fingerprint density at radius 1 is 1.16 bits per heavy atom. The second-order valence-corrected chi connectivity index (χ2v) is 8.30. The quantitative estimate of drug-likeness (QED) is 0.516. The van der Waals surface area contributed by atoms with Crippen molar-refractivity contribution in [3.8, 4) is 27.6 Å². The van der Waals surface area contributed by atoms with Crippen LogP contribution in [-0.2, 0) is 26.2 Å². The molecule has 0 fully saturated rings. The lowest BCUT2D eigenvalue weighted by atomic mass is 10.0. The molecule has 4 heterocycles. The van der Waals surface area contributed by atoms with Crippen LogP contribution in [0.1, 0.15) is 23.2 Å². The molecule has 5 rings (SSSR count). The lowest BCUT2D eigenvalue weighted by Gasteiger charge is -2.18. The monoisotopic (exact) mass is 431 g/mol. The highest BCUT2D eigenvalue weighted by molar-refractivity contribution is 7.13. The zero-order valence-electron chi connectivity index (χ0n) is 16.8. The summed E-state index contributed by atoms with van der Waals surface area (Å²) in [5.41, 5.74) is 4.86. The molecule has 0 atom stereocenters. The third kappa shape index (κ3) is 3.78. The molecule has 1 aromatic carbocycles. The molecule has 31 heavy (non-hydrogen) atoms. The van der Waals surface area contributed by atoms with Crippen LogP contribution in [-0.4, -0.2) is 19.6 Å². The van der Waals surface area contributed by atoms with Crippen LogP contribution in [0.3, 0.4) is 0 Å². The Morgan fingerprint density at radius 3 is 2.84 bits per heavy atom. The Labute approximate surface area is 183 Å². The fraction of sp³-hybridized carbons (Fsp3) is 0.208. The van der Waals surface area contributed by atoms with Gasteiger partial charge in [0.1, 0.15) is 17.4 Å². The smallest absolute Gasteiger partial charge is 0.261 e. The zero-order valence-corrected chi connectivity index (χ0v) is 17.6. The van der Waals surface area contributed by atoms with Crippen molar-refractivity contribution in [2.24, 2.45) is 0 Å². The summed E-state index contributed by atoms with van der Waals surface area (Å²) < 4.78 is 8.09. The van der Waals surface area contributed by atoms with Gasteiger partial charge in [-0.05, 0) is 36.1 Å². The molecular formula is C24H21N3O3S. The highest BCUT2D eigenvalue weighted by Gasteiger charge is 2.24. The number of rotatable bonds is 5. The number of aryl methyl sites for hydroxylation is 1. The van der Waals surface area contributed by atoms with Gasteiger partial charge in [-0.3, -0.25) is 9.78 Å². The van der Waals surface area contributed by atoms with E-state index < -0.39 is 0 Å². The molecule has 0 radical (unpaired) electrons. The van der Waals surface area contributed by atoms with Crippen molar-refractivity contribution < 1.29 is 9.84 Å². The number of aromatic nitrogens is 3. The molecule has 0 amide bonds. The molecule has 0 unspecified atom stereocenters. The molecule has 6 nitrogen and oxygen atoms in total. The number of hydrogen-bond donors (Lipinski definition) is 1. The van der Waals surface area contributed by atoms with Gasteiger partial charge in [-0.2, -0.15) is 0 Å². The molecule has 0 bridgehead atoms. The van der Waals surface area contributed by atoms with Crippen LogP contribution in [0.25, 0.3) is 21.8 Å². The normalized spacial score (nSPS) is 12.7. The van der Waals surface area contributed by atoms with E-state index in [9.17, 15) is 9.90 Å². The van der Waals surface area contributed by atoms with Crippen LogP contribution in [0, 0.1) is 0 Å². The van der Waals surface area contributed by atoms with Gasteiger partial charge in [0.25, 0.3) is 5.56 Å². The minimum atomic E-state index is -0.154. The maximum Gasteiger partial charge on any atom is 0.261 e. The zero-order chi connectivity index (χ0) is 21.2. The van der Waals surface area contributed by atoms with Crippen LogP contribution in [0.15, 0.2) is 65.0 Å². The predicted molar refractivity (Wildman–Crippen MR) is 120 cm³/mol. The number of fused-ring (bicyclic) bond motifs is 3. The summed E-state index contributed by atoms with van der Waals surface area (Å²) in [6.45, 7) is 0.830. The molecule has 0 saturated carbocycles. The maximum absolute atomic E-state index is 13.5. The Morgan fingerprint density at radius 2 is 2.03 bits per heavy atom. The minimum absolute atomic E-state index is 0.0994. The van der Waals surface area contributed by atoms with Gasteiger partial charge in [0.15, 0.2) is 0 Å². The number of aliphatic hydroxyl groups is 1. The molecule has 1 N–H and O–H groups in total. The Balaban J connectivity index is 1.69. The highest BCUT2D eigenvalue weighted by Crippen LogP contribution is 2.37. The fourth-order valence-electron chi connectivity index (χ4n) is 3.92. The van der Waals surface area contributed by atoms with Gasteiger partial charge in [-0.25, -0.2) is 4.98 Å². The van der Waals surface area contributed by atoms with Gasteiger partial charge in [-0.15, -0.1) is 11.3 Å². The molecule has 0 spiro atoms. The summed E-state index contributed by atoms with van der Waals surface area (Å²) in [7, 11) is 0. The second kappa shape index (κ2) is 8.45. The van der Waals surface area contributed by atoms with Crippen molar-refractivity contribution in [3.63, 3.8) is 0 Å². The Bertz CT molecular complexity index is 1280. The van der Waals surface area contributed by atoms with Crippen molar-refractivity contribution in [2.45, 2.75) is 32.6 Å². The van der Waals surface area contributed by atoms with Gasteiger partial charge >= 0.3 is 0 Å². The minimum Gasteiger partial charge on any atom is -0.487 e. The van der Waals surface area contributed by atoms with Gasteiger partial charge in [0.2, 0.25) is 0 Å². The van der Waals surface area contributed by atoms with Gasteiger partial charge in [0.05, 0.1) is 23.6 Å². The van der Waals surface area contributed by atoms with E-state index in [1.807, 2.05) is 42.6 Å². The van der Waals surface area contributed by atoms with Crippen molar-refractivity contribution in [1.82, 2.24) is 14.5 Å². The molecule has 0 aliphatic carbocycles. The number of pyridine rings is 2. The van der Waals surface area contributed by atoms with Crippen molar-refractivity contribution in [3.05, 3.63) is 87.4 Å². The summed E-state index contributed by atoms with van der Waals surface area (Å²) in [6.07, 6.45) is 5.33. The standard InChI is InChI=1S/C24H21N3O3S/c28-13-18-15-31-23(26-18)19-11-21(30-14-16-5-2-1-3-6-16)22-20-12-25-9-8-17(20)7-4-10-27(22)24(19)29/h1-3,5-6,8-9,11-12,15,28H,4,7,10,13-14H2. The number of ether oxygens (including phenoxy) is 1. The molecule has 156 valence electrons. The topological polar surface area (TPSA) is 77.2 Å². The van der Waals surface area contributed by atoms with E-state index in [2.05, 4.69) is 9.97 Å². The first-order valence-electron chi connectivity index (χ1n) is 10.2. The van der Waals surface area contributed by atoms with E-state index in [0.717, 1.165) is 35.2 Å². The Hall–Kier alpha value is -3.29. The first kappa shape index (κ1) is 19.7. The molecule has 3 aromatic heterocycles. The average Bonchev–Trinajstić information content (AvgIpc) is 3.20. The third-order valence-corrected chi connectivity index (χ3v) is 6.35. The van der Waals surface area contributed by atoms with Gasteiger partial charge in [0, 0.05) is 29.9 Å². The van der Waals surface area contributed by atoms with E-state index in [1.165, 1.54) is 11.3 Å². The summed E-state index contributed by atoms with van der Waals surface area (Å²) in [5.74, 6) is 0.635. The molecule has 1 aliphatic heterocycles. The predicted octanol–water partition coefficient (Wildman–Crippen LogP) is 4.05. The molecule has 1 aliphatic rings. The molecule has 7 heteroatoms. The molecular weight excluding hydrogens is 410 g/mol. The average molecular weight is 432 g/mol. The highest BCUT2D eigenvalue weighted by atomic mass is 32.1. The number of hydrogen-bond acceptors (Lipinski definition) is 6.